The number of nitrogens with zero attached hydrogens (tertiary/aromatic N) is 1. The van der Waals surface area contributed by atoms with Crippen LogP contribution in [0.3, 0.4) is 0 Å². The van der Waals surface area contributed by atoms with Gasteiger partial charge in [-0.15, -0.1) is 0 Å². The van der Waals surface area contributed by atoms with Gasteiger partial charge in [-0.25, -0.2) is 4.79 Å². The molecule has 1 aromatic heterocycles. The fraction of sp³-hybridized carbons (Fsp3) is 0.200. The highest BCUT2D eigenvalue weighted by atomic mass is 16.4. The summed E-state index contributed by atoms with van der Waals surface area (Å²) in [6.07, 6.45) is 4.57. The molecule has 84 valence electrons. The quantitative estimate of drug-likeness (QED) is 0.429. The van der Waals surface area contributed by atoms with Gasteiger partial charge in [0, 0.05) is 18.3 Å². The van der Waals surface area contributed by atoms with Gasteiger partial charge >= 0.3 is 5.97 Å². The van der Waals surface area contributed by atoms with Gasteiger partial charge in [0.25, 0.3) is 0 Å². The van der Waals surface area contributed by atoms with Crippen molar-refractivity contribution in [1.82, 2.24) is 9.88 Å². The van der Waals surface area contributed by atoms with Crippen molar-refractivity contribution in [3.63, 3.8) is 0 Å². The molecule has 5 N–H and O–H groups in total. The van der Waals surface area contributed by atoms with E-state index in [4.69, 9.17) is 16.2 Å². The second kappa shape index (κ2) is 3.73. The number of carboxylic acid groups (broad SMARTS) is 1. The lowest BCUT2D eigenvalue weighted by atomic mass is 10.2. The van der Waals surface area contributed by atoms with Crippen LogP contribution in [0, 0.1) is 5.41 Å². The summed E-state index contributed by atoms with van der Waals surface area (Å²) in [6, 6.07) is 2.61. The molecular formula is C10H12N4O2. The molecule has 6 nitrogen and oxygen atoms in total. The zero-order valence-corrected chi connectivity index (χ0v) is 8.47. The number of carbonyl (C=O) groups is 1. The van der Waals surface area contributed by atoms with E-state index in [9.17, 15) is 4.79 Å². The number of nitrogens with two attached hydrogens (primary N) is 1. The molecule has 1 aliphatic heterocycles. The van der Waals surface area contributed by atoms with Crippen molar-refractivity contribution in [3.8, 4) is 0 Å². The lowest BCUT2D eigenvalue weighted by Gasteiger charge is -2.15. The molecule has 1 aromatic rings. The van der Waals surface area contributed by atoms with E-state index in [-0.39, 0.29) is 5.96 Å². The average Bonchev–Trinajstić information content (AvgIpc) is 2.74. The number of fused-ring (bicyclic) bond motifs is 1. The molecule has 0 aliphatic carbocycles. The van der Waals surface area contributed by atoms with Gasteiger partial charge < -0.3 is 20.7 Å². The van der Waals surface area contributed by atoms with Crippen molar-refractivity contribution < 1.29 is 9.90 Å². The van der Waals surface area contributed by atoms with Crippen LogP contribution in [0.1, 0.15) is 17.4 Å². The molecule has 0 saturated carbocycles. The molecule has 2 heterocycles. The Kier molecular flexibility index (Phi) is 2.40. The second-order valence-electron chi connectivity index (χ2n) is 3.54. The molecule has 0 spiro atoms. The normalized spacial score (nSPS) is 14.5. The Balaban J connectivity index is 2.35. The lowest BCUT2D eigenvalue weighted by Crippen LogP contribution is -2.38. The van der Waals surface area contributed by atoms with Gasteiger partial charge in [0.15, 0.2) is 12.0 Å². The Morgan fingerprint density at radius 2 is 2.38 bits per heavy atom. The molecule has 16 heavy (non-hydrogen) atoms. The maximum Gasteiger partial charge on any atom is 0.332 e. The van der Waals surface area contributed by atoms with Crippen molar-refractivity contribution in [3.05, 3.63) is 29.6 Å². The third-order valence-corrected chi connectivity index (χ3v) is 2.46. The number of aliphatic carboxylic acids is 1. The van der Waals surface area contributed by atoms with Crippen LogP contribution in [0.5, 0.6) is 0 Å². The van der Waals surface area contributed by atoms with Crippen LogP contribution < -0.4 is 11.1 Å². The van der Waals surface area contributed by atoms with E-state index < -0.39 is 12.0 Å². The third-order valence-electron chi connectivity index (χ3n) is 2.46. The summed E-state index contributed by atoms with van der Waals surface area (Å²) in [5, 5.41) is 18.6. The lowest BCUT2D eigenvalue weighted by molar-refractivity contribution is -0.139. The first-order chi connectivity index (χ1) is 7.59. The number of aromatic nitrogens is 1. The van der Waals surface area contributed by atoms with E-state index >= 15 is 0 Å². The van der Waals surface area contributed by atoms with Gasteiger partial charge in [-0.3, -0.25) is 5.41 Å². The smallest absolute Gasteiger partial charge is 0.332 e. The van der Waals surface area contributed by atoms with Crippen LogP contribution in [0.25, 0.3) is 6.20 Å². The van der Waals surface area contributed by atoms with Crippen molar-refractivity contribution >= 4 is 18.1 Å². The van der Waals surface area contributed by atoms with Crippen LogP contribution in [0.4, 0.5) is 0 Å². The van der Waals surface area contributed by atoms with Crippen LogP contribution in [0.2, 0.25) is 0 Å². The van der Waals surface area contributed by atoms with Crippen LogP contribution in [-0.2, 0) is 11.2 Å². The second-order valence-corrected chi connectivity index (χ2v) is 3.54. The number of nitrogens with one attached hydrogen (secondary N) is 2. The molecule has 0 radical (unpaired) electrons. The van der Waals surface area contributed by atoms with Gasteiger partial charge in [0.1, 0.15) is 0 Å². The first kappa shape index (κ1) is 10.3. The van der Waals surface area contributed by atoms with Gasteiger partial charge in [-0.2, -0.15) is 0 Å². The summed E-state index contributed by atoms with van der Waals surface area (Å²) in [4.78, 5) is 11.1. The molecule has 1 unspecified atom stereocenters. The minimum Gasteiger partial charge on any atom is -0.479 e. The largest absolute Gasteiger partial charge is 0.479 e. The van der Waals surface area contributed by atoms with E-state index in [1.54, 1.807) is 10.6 Å². The van der Waals surface area contributed by atoms with Crippen molar-refractivity contribution in [2.75, 3.05) is 0 Å². The third kappa shape index (κ3) is 1.65. The highest BCUT2D eigenvalue weighted by Gasteiger charge is 2.25. The van der Waals surface area contributed by atoms with Crippen molar-refractivity contribution in [2.24, 2.45) is 5.73 Å². The standard InChI is InChI=1S/C10H12N4O2/c11-10(12)13-8(9(15)16)7-4-3-6-2-1-5-14(6)7/h1,3-5,8H,2H2,(H,15,16)(H4,11,12,13). The van der Waals surface area contributed by atoms with E-state index in [0.717, 1.165) is 12.1 Å². The Morgan fingerprint density at radius 1 is 1.62 bits per heavy atom. The van der Waals surface area contributed by atoms with Gasteiger partial charge in [0.05, 0.1) is 5.69 Å². The molecular weight excluding hydrogens is 208 g/mol. The van der Waals surface area contributed by atoms with Gasteiger partial charge in [-0.1, -0.05) is 6.08 Å². The highest BCUT2D eigenvalue weighted by molar-refractivity contribution is 5.83. The van der Waals surface area contributed by atoms with Crippen LogP contribution in [-0.4, -0.2) is 21.6 Å². The predicted molar refractivity (Wildman–Crippen MR) is 58.9 cm³/mol. The maximum atomic E-state index is 11.1. The average molecular weight is 220 g/mol. The Hall–Kier alpha value is -2.24. The Morgan fingerprint density at radius 3 is 3.00 bits per heavy atom. The molecule has 2 rings (SSSR count). The van der Waals surface area contributed by atoms with Crippen LogP contribution in [0.15, 0.2) is 18.2 Å². The maximum absolute atomic E-state index is 11.1. The SMILES string of the molecule is N=C(N)NC(C(=O)O)c1ccc2n1C=CC2. The number of hydrogen-bond acceptors (Lipinski definition) is 2. The Bertz CT molecular complexity index is 475. The van der Waals surface area contributed by atoms with E-state index in [2.05, 4.69) is 5.32 Å². The van der Waals surface area contributed by atoms with E-state index in [1.165, 1.54) is 0 Å². The highest BCUT2D eigenvalue weighted by Crippen LogP contribution is 2.22. The summed E-state index contributed by atoms with van der Waals surface area (Å²) in [5.74, 6) is -1.42. The molecule has 1 atom stereocenters. The van der Waals surface area contributed by atoms with Crippen LogP contribution >= 0.6 is 0 Å². The van der Waals surface area contributed by atoms with Crippen molar-refractivity contribution in [2.45, 2.75) is 12.5 Å². The first-order valence-electron chi connectivity index (χ1n) is 4.79. The molecule has 6 heteroatoms. The monoisotopic (exact) mass is 220 g/mol. The number of carboxylic acids is 1. The minimum absolute atomic E-state index is 0.357. The fourth-order valence-corrected chi connectivity index (χ4v) is 1.79. The summed E-state index contributed by atoms with van der Waals surface area (Å²) in [7, 11) is 0. The van der Waals surface area contributed by atoms with Gasteiger partial charge in [-0.05, 0) is 12.1 Å². The summed E-state index contributed by atoms with van der Waals surface area (Å²) < 4.78 is 1.80. The topological polar surface area (TPSA) is 104 Å². The molecule has 0 saturated heterocycles. The molecule has 0 amide bonds. The number of hydrogen-bond donors (Lipinski definition) is 4. The molecule has 0 fully saturated rings. The number of rotatable bonds is 3. The minimum atomic E-state index is -1.06. The van der Waals surface area contributed by atoms with E-state index in [0.29, 0.717) is 5.69 Å². The number of allylic oxidation sites excluding steroid dienone is 1. The van der Waals surface area contributed by atoms with E-state index in [1.807, 2.05) is 18.3 Å². The van der Waals surface area contributed by atoms with Gasteiger partial charge in [0.2, 0.25) is 0 Å². The molecule has 0 bridgehead atoms. The molecule has 0 aromatic carbocycles. The van der Waals surface area contributed by atoms with Crippen molar-refractivity contribution in [1.29, 1.82) is 5.41 Å². The first-order valence-corrected chi connectivity index (χ1v) is 4.79. The Labute approximate surface area is 91.9 Å². The summed E-state index contributed by atoms with van der Waals surface area (Å²) >= 11 is 0. The zero-order valence-electron chi connectivity index (χ0n) is 8.47. The number of guanidine groups is 1. The zero-order chi connectivity index (χ0) is 11.7. The summed E-state index contributed by atoms with van der Waals surface area (Å²) in [5.41, 5.74) is 6.77. The fourth-order valence-electron chi connectivity index (χ4n) is 1.79. The molecule has 1 aliphatic rings. The summed E-state index contributed by atoms with van der Waals surface area (Å²) in [6.45, 7) is 0. The predicted octanol–water partition coefficient (Wildman–Crippen LogP) is 0.124.